The lowest BCUT2D eigenvalue weighted by Gasteiger charge is -2.33. The third kappa shape index (κ3) is 4.44. The predicted molar refractivity (Wildman–Crippen MR) is 127 cm³/mol. The van der Waals surface area contributed by atoms with Crippen LogP contribution in [0.25, 0.3) is 0 Å². The molecule has 2 heterocycles. The van der Waals surface area contributed by atoms with Gasteiger partial charge in [0, 0.05) is 22.3 Å². The Labute approximate surface area is 194 Å². The minimum absolute atomic E-state index is 0.0823. The van der Waals surface area contributed by atoms with Crippen molar-refractivity contribution in [1.29, 1.82) is 0 Å². The molecular formula is C21H21Cl2N5O2S. The maximum Gasteiger partial charge on any atom is 0.241 e. The molecule has 0 bridgehead atoms. The van der Waals surface area contributed by atoms with Crippen molar-refractivity contribution in [2.24, 2.45) is 10.9 Å². The smallest absolute Gasteiger partial charge is 0.241 e. The molecule has 0 saturated carbocycles. The zero-order valence-electron chi connectivity index (χ0n) is 16.9. The number of carbonyl (C=O) groups is 2. The number of thioether (sulfide) groups is 1. The average Bonchev–Trinajstić information content (AvgIpc) is 3.21. The maximum absolute atomic E-state index is 13.3. The number of nitrogens with one attached hydrogen (secondary N) is 3. The number of amides is 2. The third-order valence-electron chi connectivity index (χ3n) is 5.29. The summed E-state index contributed by atoms with van der Waals surface area (Å²) in [5, 5.41) is 4.47. The molecule has 1 fully saturated rings. The quantitative estimate of drug-likeness (QED) is 0.624. The van der Waals surface area contributed by atoms with E-state index in [9.17, 15) is 9.59 Å². The van der Waals surface area contributed by atoms with E-state index in [1.54, 1.807) is 35.2 Å². The second kappa shape index (κ2) is 9.18. The lowest BCUT2D eigenvalue weighted by Crippen LogP contribution is -2.50. The van der Waals surface area contributed by atoms with Crippen LogP contribution in [0, 0.1) is 19.8 Å². The number of halogens is 2. The minimum Gasteiger partial charge on any atom is -0.325 e. The summed E-state index contributed by atoms with van der Waals surface area (Å²) in [7, 11) is 0. The Morgan fingerprint density at radius 3 is 2.68 bits per heavy atom. The summed E-state index contributed by atoms with van der Waals surface area (Å²) in [4.78, 5) is 32.2. The Morgan fingerprint density at radius 2 is 1.90 bits per heavy atom. The molecule has 31 heavy (non-hydrogen) atoms. The van der Waals surface area contributed by atoms with Gasteiger partial charge in [-0.15, -0.1) is 0 Å². The van der Waals surface area contributed by atoms with Crippen molar-refractivity contribution < 1.29 is 9.59 Å². The normalized spacial score (nSPS) is 20.5. The van der Waals surface area contributed by atoms with E-state index in [-0.39, 0.29) is 29.7 Å². The van der Waals surface area contributed by atoms with Crippen LogP contribution in [-0.4, -0.2) is 35.4 Å². The first kappa shape index (κ1) is 22.1. The molecule has 3 N–H and O–H groups in total. The van der Waals surface area contributed by atoms with Crippen LogP contribution in [0.3, 0.4) is 0 Å². The number of hydrogen-bond donors (Lipinski definition) is 3. The summed E-state index contributed by atoms with van der Waals surface area (Å²) in [6.45, 7) is 4.19. The fourth-order valence-corrected chi connectivity index (χ4v) is 4.67. The predicted octanol–water partition coefficient (Wildman–Crippen LogP) is 3.73. The van der Waals surface area contributed by atoms with Crippen LogP contribution in [0.5, 0.6) is 0 Å². The summed E-state index contributed by atoms with van der Waals surface area (Å²) < 4.78 is 0. The molecule has 2 aliphatic rings. The molecular weight excluding hydrogens is 457 g/mol. The lowest BCUT2D eigenvalue weighted by molar-refractivity contribution is -0.121. The first-order chi connectivity index (χ1) is 14.9. The van der Waals surface area contributed by atoms with E-state index >= 15 is 0 Å². The van der Waals surface area contributed by atoms with Gasteiger partial charge in [-0.3, -0.25) is 19.9 Å². The van der Waals surface area contributed by atoms with Crippen molar-refractivity contribution in [3.05, 3.63) is 57.6 Å². The van der Waals surface area contributed by atoms with E-state index in [0.29, 0.717) is 33.1 Å². The van der Waals surface area contributed by atoms with Gasteiger partial charge in [0.05, 0.1) is 17.4 Å². The number of rotatable bonds is 4. The Bertz CT molecular complexity index is 1080. The molecule has 2 aliphatic heterocycles. The molecule has 10 heteroatoms. The maximum atomic E-state index is 13.3. The van der Waals surface area contributed by atoms with Crippen molar-refractivity contribution in [2.45, 2.75) is 20.0 Å². The molecule has 0 aromatic heterocycles. The van der Waals surface area contributed by atoms with Gasteiger partial charge in [0.25, 0.3) is 0 Å². The zero-order chi connectivity index (χ0) is 22.1. The largest absolute Gasteiger partial charge is 0.325 e. The van der Waals surface area contributed by atoms with Gasteiger partial charge < -0.3 is 5.32 Å². The van der Waals surface area contributed by atoms with E-state index < -0.39 is 0 Å². The minimum atomic E-state index is -0.371. The number of amidine groups is 1. The van der Waals surface area contributed by atoms with Crippen LogP contribution in [0.1, 0.15) is 11.1 Å². The van der Waals surface area contributed by atoms with E-state index in [1.165, 1.54) is 11.8 Å². The fraction of sp³-hybridized carbons (Fsp3) is 0.286. The van der Waals surface area contributed by atoms with Crippen molar-refractivity contribution in [1.82, 2.24) is 10.9 Å². The molecule has 2 unspecified atom stereocenters. The lowest BCUT2D eigenvalue weighted by atomic mass is 10.0. The van der Waals surface area contributed by atoms with Gasteiger partial charge in [0.1, 0.15) is 6.17 Å². The number of benzene rings is 2. The molecule has 0 spiro atoms. The van der Waals surface area contributed by atoms with Crippen LogP contribution >= 0.6 is 35.0 Å². The Hall–Kier alpha value is -2.10. The Morgan fingerprint density at radius 1 is 1.19 bits per heavy atom. The third-order valence-corrected chi connectivity index (χ3v) is 7.06. The molecule has 2 atom stereocenters. The van der Waals surface area contributed by atoms with Crippen molar-refractivity contribution in [2.75, 3.05) is 22.5 Å². The van der Waals surface area contributed by atoms with Gasteiger partial charge >= 0.3 is 0 Å². The standard InChI is InChI=1S/C21H21Cl2N5O2S/c1-11-14(22)5-3-7-16(11)25-18(29)10-31-21-26-19-13(9-24-27-19)20(30)28(21)17-8-4-6-15(23)12(17)2/h3-8,13,19,24,27H,9-10H2,1-2H3,(H,25,29). The Kier molecular flexibility index (Phi) is 6.55. The van der Waals surface area contributed by atoms with Gasteiger partial charge in [-0.25, -0.2) is 10.4 Å². The summed E-state index contributed by atoms with van der Waals surface area (Å²) in [6.07, 6.45) is -0.371. The van der Waals surface area contributed by atoms with Crippen LogP contribution < -0.4 is 21.1 Å². The van der Waals surface area contributed by atoms with E-state index in [2.05, 4.69) is 16.2 Å². The van der Waals surface area contributed by atoms with Crippen LogP contribution in [0.15, 0.2) is 41.4 Å². The second-order valence-corrected chi connectivity index (χ2v) is 9.05. The highest BCUT2D eigenvalue weighted by molar-refractivity contribution is 8.14. The number of hydrogen-bond acceptors (Lipinski definition) is 6. The summed E-state index contributed by atoms with van der Waals surface area (Å²) in [6, 6.07) is 10.8. The molecule has 1 saturated heterocycles. The van der Waals surface area contributed by atoms with Gasteiger partial charge in [-0.05, 0) is 49.2 Å². The highest BCUT2D eigenvalue weighted by atomic mass is 35.5. The molecule has 4 rings (SSSR count). The molecule has 2 amide bonds. The van der Waals surface area contributed by atoms with Crippen molar-refractivity contribution >= 4 is 63.3 Å². The molecule has 7 nitrogen and oxygen atoms in total. The summed E-state index contributed by atoms with van der Waals surface area (Å²) in [5.41, 5.74) is 8.91. The van der Waals surface area contributed by atoms with Gasteiger partial charge in [0.15, 0.2) is 5.17 Å². The fourth-order valence-electron chi connectivity index (χ4n) is 3.49. The van der Waals surface area contributed by atoms with Crippen molar-refractivity contribution in [3.8, 4) is 0 Å². The number of carbonyl (C=O) groups excluding carboxylic acids is 2. The van der Waals surface area contributed by atoms with Crippen molar-refractivity contribution in [3.63, 3.8) is 0 Å². The molecule has 0 aliphatic carbocycles. The van der Waals surface area contributed by atoms with Gasteiger partial charge in [-0.2, -0.15) is 0 Å². The number of fused-ring (bicyclic) bond motifs is 1. The van der Waals surface area contributed by atoms with Crippen LogP contribution in [0.4, 0.5) is 11.4 Å². The van der Waals surface area contributed by atoms with Gasteiger partial charge in [-0.1, -0.05) is 47.1 Å². The number of aliphatic imine (C=N–C) groups is 1. The molecule has 0 radical (unpaired) electrons. The average molecular weight is 478 g/mol. The topological polar surface area (TPSA) is 85.8 Å². The zero-order valence-corrected chi connectivity index (χ0v) is 19.2. The molecule has 162 valence electrons. The monoisotopic (exact) mass is 477 g/mol. The molecule has 2 aromatic carbocycles. The highest BCUT2D eigenvalue weighted by Gasteiger charge is 2.42. The number of anilines is 2. The summed E-state index contributed by atoms with van der Waals surface area (Å²) >= 11 is 13.6. The van der Waals surface area contributed by atoms with Crippen LogP contribution in [0.2, 0.25) is 10.0 Å². The number of hydrazine groups is 1. The summed E-state index contributed by atoms with van der Waals surface area (Å²) in [5.74, 6) is -0.547. The first-order valence-electron chi connectivity index (χ1n) is 9.70. The van der Waals surface area contributed by atoms with E-state index in [1.807, 2.05) is 19.9 Å². The SMILES string of the molecule is Cc1c(Cl)cccc1NC(=O)CSC1=NC2NNCC2C(=O)N1c1cccc(Cl)c1C. The number of nitrogens with zero attached hydrogens (tertiary/aromatic N) is 2. The van der Waals surface area contributed by atoms with E-state index in [4.69, 9.17) is 28.2 Å². The molecule has 2 aromatic rings. The first-order valence-corrected chi connectivity index (χ1v) is 11.4. The Balaban J connectivity index is 1.57. The second-order valence-electron chi connectivity index (χ2n) is 7.30. The highest BCUT2D eigenvalue weighted by Crippen LogP contribution is 2.34. The van der Waals surface area contributed by atoms with Gasteiger partial charge in [0.2, 0.25) is 11.8 Å². The van der Waals surface area contributed by atoms with E-state index in [0.717, 1.165) is 11.1 Å². The van der Waals surface area contributed by atoms with Crippen LogP contribution in [-0.2, 0) is 9.59 Å².